The van der Waals surface area contributed by atoms with Crippen molar-refractivity contribution in [2.24, 2.45) is 0 Å². The Balaban J connectivity index is 0.701. The third-order valence-electron chi connectivity index (χ3n) is 18.9. The van der Waals surface area contributed by atoms with E-state index >= 15 is 9.18 Å². The van der Waals surface area contributed by atoms with E-state index < -0.39 is 40.9 Å². The van der Waals surface area contributed by atoms with Crippen LogP contribution in [0.1, 0.15) is 157 Å². The highest BCUT2D eigenvalue weighted by Gasteiger charge is 2.56. The molecule has 1 aliphatic carbocycles. The first kappa shape index (κ1) is 56.6. The zero-order chi connectivity index (χ0) is 59.9. The summed E-state index contributed by atoms with van der Waals surface area (Å²) in [4.78, 5) is 114. The number of anilines is 4. The molecule has 86 heavy (non-hydrogen) atoms. The van der Waals surface area contributed by atoms with Crippen LogP contribution in [-0.4, -0.2) is 140 Å². The van der Waals surface area contributed by atoms with Crippen LogP contribution in [0.15, 0.2) is 85.2 Å². The number of carbonyl (C=O) groups excluding carboxylic acids is 7. The summed E-state index contributed by atoms with van der Waals surface area (Å²) in [5.41, 5.74) is 6.48. The number of hydrogen-bond acceptors (Lipinski definition) is 13. The zero-order valence-corrected chi connectivity index (χ0v) is 49.3. The van der Waals surface area contributed by atoms with Crippen molar-refractivity contribution < 1.29 is 42.7 Å². The summed E-state index contributed by atoms with van der Waals surface area (Å²) < 4.78 is 24.4. The molecule has 3 N–H and O–H groups in total. The number of ether oxygens (including phenoxy) is 1. The van der Waals surface area contributed by atoms with Gasteiger partial charge in [-0.05, 0) is 171 Å². The van der Waals surface area contributed by atoms with E-state index in [-0.39, 0.29) is 71.6 Å². The number of amides is 7. The Morgan fingerprint density at radius 2 is 1.51 bits per heavy atom. The Hall–Kier alpha value is -8.52. The monoisotopic (exact) mass is 1170 g/mol. The summed E-state index contributed by atoms with van der Waals surface area (Å²) in [5, 5.41) is 8.44. The molecule has 6 aromatic rings. The van der Waals surface area contributed by atoms with Gasteiger partial charge >= 0.3 is 0 Å². The number of imide groups is 2. The lowest BCUT2D eigenvalue weighted by atomic mass is 9.73. The van der Waals surface area contributed by atoms with Crippen molar-refractivity contribution in [1.82, 2.24) is 39.9 Å². The molecule has 19 nitrogen and oxygen atoms in total. The molecule has 1 spiro atoms. The van der Waals surface area contributed by atoms with Crippen molar-refractivity contribution >= 4 is 75.3 Å². The average molecular weight is 1170 g/mol. The van der Waals surface area contributed by atoms with E-state index in [2.05, 4.69) is 42.8 Å². The molecule has 0 radical (unpaired) electrons. The highest BCUT2D eigenvalue weighted by Crippen LogP contribution is 2.52. The number of nitrogens with one attached hydrogen (secondary N) is 3. The first-order chi connectivity index (χ1) is 41.4. The summed E-state index contributed by atoms with van der Waals surface area (Å²) in [5.74, 6) is -1.96. The number of halogens is 1. The van der Waals surface area contributed by atoms with Crippen LogP contribution in [0.4, 0.5) is 27.3 Å². The number of hydrogen-bond donors (Lipinski definition) is 3. The van der Waals surface area contributed by atoms with Crippen molar-refractivity contribution in [3.63, 3.8) is 0 Å². The van der Waals surface area contributed by atoms with Gasteiger partial charge in [0.1, 0.15) is 29.2 Å². The zero-order valence-electron chi connectivity index (χ0n) is 49.3. The van der Waals surface area contributed by atoms with E-state index in [0.29, 0.717) is 103 Å². The van der Waals surface area contributed by atoms with Crippen molar-refractivity contribution in [2.75, 3.05) is 54.4 Å². The lowest BCUT2D eigenvalue weighted by Gasteiger charge is -2.48. The topological polar surface area (TPSA) is 212 Å². The van der Waals surface area contributed by atoms with Gasteiger partial charge in [0.15, 0.2) is 5.82 Å². The molecule has 4 aromatic carbocycles. The Morgan fingerprint density at radius 1 is 0.779 bits per heavy atom. The maximum absolute atomic E-state index is 16.0. The van der Waals surface area contributed by atoms with Crippen molar-refractivity contribution in [3.8, 4) is 17.0 Å². The van der Waals surface area contributed by atoms with Gasteiger partial charge in [0.2, 0.25) is 17.7 Å². The number of rotatable bonds is 13. The Bertz CT molecular complexity index is 3760. The molecule has 4 saturated heterocycles. The number of benzene rings is 4. The van der Waals surface area contributed by atoms with Crippen LogP contribution in [-0.2, 0) is 19.8 Å². The largest absolute Gasteiger partial charge is 0.490 e. The van der Waals surface area contributed by atoms with Gasteiger partial charge in [0.25, 0.3) is 23.6 Å². The van der Waals surface area contributed by atoms with Gasteiger partial charge < -0.3 is 39.5 Å². The smallest absolute Gasteiger partial charge is 0.262 e. The third kappa shape index (κ3) is 10.1. The predicted molar refractivity (Wildman–Crippen MR) is 322 cm³/mol. The van der Waals surface area contributed by atoms with Gasteiger partial charge in [0, 0.05) is 97.7 Å². The number of carbonyl (C=O) groups is 7. The Morgan fingerprint density at radius 3 is 2.22 bits per heavy atom. The minimum absolute atomic E-state index is 0.00304. The van der Waals surface area contributed by atoms with Crippen molar-refractivity contribution in [3.05, 3.63) is 124 Å². The van der Waals surface area contributed by atoms with Crippen LogP contribution >= 0.6 is 0 Å². The van der Waals surface area contributed by atoms with Gasteiger partial charge in [0.05, 0.1) is 39.8 Å². The molecule has 1 unspecified atom stereocenters. The second-order valence-corrected chi connectivity index (χ2v) is 25.0. The van der Waals surface area contributed by atoms with Crippen molar-refractivity contribution in [2.45, 2.75) is 147 Å². The number of aryl methyl sites for hydroxylation is 1. The SMILES string of the molecule is Cc1cc(F)c(Nc2nc(-c3ccc4c(c3)N([C@H]3C[C@@H](N5CCCCC5)C3)C(=O)C43CCN(C(=O)c4ccc(OC5CCN(c6ccc7c(c6)C(=O)N(C6CCC(=O)NC6=O)C7=O)CC5)cc4)CC3)cc3ncn(C(C)C)c23)cc1C(=O)NC(C)C. The number of pyridine rings is 1. The van der Waals surface area contributed by atoms with E-state index in [9.17, 15) is 28.8 Å². The minimum atomic E-state index is -1.03. The fraction of sp³-hybridized carbons (Fsp3) is 0.439. The molecule has 8 heterocycles. The van der Waals surface area contributed by atoms with E-state index in [1.807, 2.05) is 67.5 Å². The van der Waals surface area contributed by atoms with Gasteiger partial charge in [-0.15, -0.1) is 0 Å². The molecule has 7 aliphatic rings. The highest BCUT2D eigenvalue weighted by molar-refractivity contribution is 6.24. The van der Waals surface area contributed by atoms with Crippen molar-refractivity contribution in [1.29, 1.82) is 0 Å². The van der Waals surface area contributed by atoms with Crippen LogP contribution in [0.2, 0.25) is 0 Å². The lowest BCUT2D eigenvalue weighted by Crippen LogP contribution is -2.58. The van der Waals surface area contributed by atoms with Crippen LogP contribution < -0.4 is 30.5 Å². The van der Waals surface area contributed by atoms with Gasteiger partial charge in [-0.2, -0.15) is 0 Å². The molecule has 0 bridgehead atoms. The molecule has 1 atom stereocenters. The second-order valence-electron chi connectivity index (χ2n) is 25.0. The van der Waals surface area contributed by atoms with Gasteiger partial charge in [-0.1, -0.05) is 18.6 Å². The third-order valence-corrected chi connectivity index (χ3v) is 18.9. The minimum Gasteiger partial charge on any atom is -0.490 e. The molecule has 6 aliphatic heterocycles. The average Bonchev–Trinajstić information content (AvgIpc) is 1.81. The molecule has 7 amide bonds. The van der Waals surface area contributed by atoms with E-state index in [0.717, 1.165) is 53.3 Å². The summed E-state index contributed by atoms with van der Waals surface area (Å²) >= 11 is 0. The van der Waals surface area contributed by atoms with Crippen LogP contribution in [0.5, 0.6) is 5.75 Å². The molecule has 5 fully saturated rings. The van der Waals surface area contributed by atoms with Crippen LogP contribution in [0.25, 0.3) is 22.3 Å². The van der Waals surface area contributed by atoms with E-state index in [1.54, 1.807) is 37.5 Å². The summed E-state index contributed by atoms with van der Waals surface area (Å²) in [6.07, 6.45) is 9.53. The summed E-state index contributed by atoms with van der Waals surface area (Å²) in [6, 6.07) is 22.7. The molecule has 1 saturated carbocycles. The molecule has 20 heteroatoms. The maximum atomic E-state index is 16.0. The first-order valence-electron chi connectivity index (χ1n) is 30.6. The molecule has 446 valence electrons. The number of piperidine rings is 4. The molecular formula is C66H72FN11O8. The normalized spacial score (nSPS) is 21.6. The quantitative estimate of drug-likeness (QED) is 0.0923. The number of aromatic nitrogens is 3. The van der Waals surface area contributed by atoms with E-state index in [1.165, 1.54) is 31.4 Å². The fourth-order valence-corrected chi connectivity index (χ4v) is 14.1. The number of fused-ring (bicyclic) bond motifs is 4. The van der Waals surface area contributed by atoms with Gasteiger partial charge in [-0.25, -0.2) is 14.4 Å². The molecule has 13 rings (SSSR count). The first-order valence-corrected chi connectivity index (χ1v) is 30.6. The molecule has 2 aromatic heterocycles. The number of nitrogens with zero attached hydrogens (tertiary/aromatic N) is 8. The number of imidazole rings is 1. The number of likely N-dealkylation sites (tertiary alicyclic amines) is 2. The van der Waals surface area contributed by atoms with Crippen LogP contribution in [0.3, 0.4) is 0 Å². The predicted octanol–water partition coefficient (Wildman–Crippen LogP) is 9.00. The Labute approximate surface area is 498 Å². The lowest BCUT2D eigenvalue weighted by molar-refractivity contribution is -0.136. The standard InChI is InChI=1S/C66H72FN11O8/c1-37(2)69-60(80)48-34-53(51(67)29-39(48)5)71-59-58-54(68-36-76(58)38(3)4)35-52(70-59)41-11-16-50-56(30-41)77(44-31-43(32-44)73-23-7-6-8-24-73)65(85)66(50)21-27-75(28-22-66)62(82)40-9-13-45(14-10-40)86-46-19-25-74(26-20-46)42-12-15-47-49(33-42)64(84)78(63(47)83)55-17-18-57(79)72-61(55)81/h9-16,29-30,33-38,43-44,46,55H,6-8,17-28,31-32H2,1-5H3,(H,69,80)(H,70,71)(H,72,79,81)/t43-,44+,55?. The summed E-state index contributed by atoms with van der Waals surface area (Å²) in [6.45, 7) is 13.8. The highest BCUT2D eigenvalue weighted by atomic mass is 19.1. The van der Waals surface area contributed by atoms with Crippen LogP contribution in [0, 0.1) is 12.7 Å². The maximum Gasteiger partial charge on any atom is 0.262 e. The fourth-order valence-electron chi connectivity index (χ4n) is 14.1. The second kappa shape index (κ2) is 22.4. The molecular weight excluding hydrogens is 1090 g/mol. The Kier molecular flexibility index (Phi) is 14.7. The van der Waals surface area contributed by atoms with E-state index in [4.69, 9.17) is 14.7 Å². The summed E-state index contributed by atoms with van der Waals surface area (Å²) in [7, 11) is 0. The van der Waals surface area contributed by atoms with Gasteiger partial charge in [-0.3, -0.25) is 43.8 Å².